The number of allylic oxidation sites excluding steroid dienone is 3. The molecule has 0 bridgehead atoms. The van der Waals surface area contributed by atoms with Crippen molar-refractivity contribution in [3.63, 3.8) is 0 Å². The van der Waals surface area contributed by atoms with Gasteiger partial charge in [0.25, 0.3) is 0 Å². The molecule has 0 aromatic carbocycles. The molecule has 0 fully saturated rings. The summed E-state index contributed by atoms with van der Waals surface area (Å²) in [5.41, 5.74) is 0.00493. The maximum Gasteiger partial charge on any atom is 0.404 e. The first kappa shape index (κ1) is 11.0. The number of halogens is 1. The lowest BCUT2D eigenvalue weighted by Crippen LogP contribution is -1.97. The first-order valence-electron chi connectivity index (χ1n) is 3.47. The molecule has 0 saturated heterocycles. The summed E-state index contributed by atoms with van der Waals surface area (Å²) < 4.78 is 4.55. The molecule has 0 radical (unpaired) electrons. The second-order valence-electron chi connectivity index (χ2n) is 2.00. The van der Waals surface area contributed by atoms with Crippen LogP contribution in [0.1, 0.15) is 6.92 Å². The fourth-order valence-corrected chi connectivity index (χ4v) is 0.590. The number of carbonyl (C=O) groups is 1. The SMILES string of the molecule is C=CC(=CC=CC)COC(=O)Cl. The molecular formula is C9H11ClO2. The first-order chi connectivity index (χ1) is 5.70. The van der Waals surface area contributed by atoms with E-state index in [0.717, 1.165) is 5.57 Å². The van der Waals surface area contributed by atoms with Gasteiger partial charge in [-0.25, -0.2) is 4.79 Å². The Kier molecular flexibility index (Phi) is 6.11. The van der Waals surface area contributed by atoms with Crippen LogP contribution in [0, 0.1) is 0 Å². The highest BCUT2D eigenvalue weighted by molar-refractivity contribution is 6.61. The lowest BCUT2D eigenvalue weighted by molar-refractivity contribution is 0.184. The van der Waals surface area contributed by atoms with Crippen LogP contribution >= 0.6 is 11.6 Å². The number of hydrogen-bond donors (Lipinski definition) is 0. The molecule has 0 aliphatic rings. The molecule has 0 aliphatic carbocycles. The maximum atomic E-state index is 10.2. The van der Waals surface area contributed by atoms with Crippen LogP contribution in [0.15, 0.2) is 36.5 Å². The lowest BCUT2D eigenvalue weighted by atomic mass is 10.2. The third-order valence-corrected chi connectivity index (χ3v) is 1.23. The zero-order chi connectivity index (χ0) is 9.40. The lowest BCUT2D eigenvalue weighted by Gasteiger charge is -1.99. The fourth-order valence-electron chi connectivity index (χ4n) is 0.535. The van der Waals surface area contributed by atoms with E-state index in [1.807, 2.05) is 19.1 Å². The molecular weight excluding hydrogens is 176 g/mol. The molecule has 2 nitrogen and oxygen atoms in total. The van der Waals surface area contributed by atoms with E-state index in [4.69, 9.17) is 11.6 Å². The van der Waals surface area contributed by atoms with E-state index in [-0.39, 0.29) is 6.61 Å². The van der Waals surface area contributed by atoms with Crippen molar-refractivity contribution in [2.24, 2.45) is 0 Å². The van der Waals surface area contributed by atoms with Crippen molar-refractivity contribution in [1.29, 1.82) is 0 Å². The molecule has 0 aromatic rings. The van der Waals surface area contributed by atoms with Crippen molar-refractivity contribution in [3.8, 4) is 0 Å². The highest BCUT2D eigenvalue weighted by Crippen LogP contribution is 1.99. The first-order valence-corrected chi connectivity index (χ1v) is 3.85. The molecule has 0 spiro atoms. The largest absolute Gasteiger partial charge is 0.449 e. The molecule has 0 heterocycles. The van der Waals surface area contributed by atoms with E-state index in [2.05, 4.69) is 11.3 Å². The van der Waals surface area contributed by atoms with Crippen LogP contribution in [0.3, 0.4) is 0 Å². The summed E-state index contributed by atoms with van der Waals surface area (Å²) in [6.45, 7) is 5.61. The monoisotopic (exact) mass is 186 g/mol. The Morgan fingerprint density at radius 2 is 2.33 bits per heavy atom. The molecule has 0 atom stereocenters. The van der Waals surface area contributed by atoms with Crippen LogP contribution < -0.4 is 0 Å². The van der Waals surface area contributed by atoms with Crippen LogP contribution in [-0.2, 0) is 4.74 Å². The van der Waals surface area contributed by atoms with Gasteiger partial charge in [0.2, 0.25) is 0 Å². The van der Waals surface area contributed by atoms with Gasteiger partial charge in [0.1, 0.15) is 6.61 Å². The Bertz CT molecular complexity index is 217. The van der Waals surface area contributed by atoms with E-state index in [1.54, 1.807) is 12.2 Å². The predicted octanol–water partition coefficient (Wildman–Crippen LogP) is 3.05. The molecule has 0 aliphatic heterocycles. The second-order valence-corrected chi connectivity index (χ2v) is 2.31. The average molecular weight is 187 g/mol. The Labute approximate surface area is 77.2 Å². The van der Waals surface area contributed by atoms with Gasteiger partial charge in [-0.15, -0.1) is 0 Å². The fraction of sp³-hybridized carbons (Fsp3) is 0.222. The molecule has 0 aromatic heterocycles. The zero-order valence-corrected chi connectivity index (χ0v) is 7.67. The quantitative estimate of drug-likeness (QED) is 0.498. The Balaban J connectivity index is 3.99. The van der Waals surface area contributed by atoms with Crippen molar-refractivity contribution in [2.75, 3.05) is 6.61 Å². The molecule has 3 heteroatoms. The number of rotatable bonds is 4. The minimum Gasteiger partial charge on any atom is -0.449 e. The Hall–Kier alpha value is -1.02. The molecule has 0 saturated carbocycles. The third-order valence-electron chi connectivity index (χ3n) is 1.12. The third kappa shape index (κ3) is 5.74. The number of ether oxygens (including phenoxy) is 1. The highest BCUT2D eigenvalue weighted by Gasteiger charge is 1.95. The van der Waals surface area contributed by atoms with E-state index in [9.17, 15) is 4.79 Å². The van der Waals surface area contributed by atoms with Crippen molar-refractivity contribution in [1.82, 2.24) is 0 Å². The van der Waals surface area contributed by atoms with Gasteiger partial charge < -0.3 is 4.74 Å². The van der Waals surface area contributed by atoms with Gasteiger partial charge >= 0.3 is 5.43 Å². The second kappa shape index (κ2) is 6.68. The van der Waals surface area contributed by atoms with Crippen LogP contribution in [0.2, 0.25) is 0 Å². The summed E-state index contributed by atoms with van der Waals surface area (Å²) >= 11 is 4.97. The van der Waals surface area contributed by atoms with Crippen molar-refractivity contribution >= 4 is 17.0 Å². The number of carbonyl (C=O) groups excluding carboxylic acids is 1. The molecule has 0 N–H and O–H groups in total. The van der Waals surface area contributed by atoms with Crippen LogP contribution in [0.5, 0.6) is 0 Å². The van der Waals surface area contributed by atoms with Crippen LogP contribution in [0.4, 0.5) is 4.79 Å². The molecule has 12 heavy (non-hydrogen) atoms. The van der Waals surface area contributed by atoms with Crippen molar-refractivity contribution in [2.45, 2.75) is 6.92 Å². The van der Waals surface area contributed by atoms with Gasteiger partial charge in [-0.1, -0.05) is 30.9 Å². The highest BCUT2D eigenvalue weighted by atomic mass is 35.5. The van der Waals surface area contributed by atoms with Gasteiger partial charge in [0.05, 0.1) is 0 Å². The van der Waals surface area contributed by atoms with Crippen LogP contribution in [0.25, 0.3) is 0 Å². The Morgan fingerprint density at radius 3 is 2.75 bits per heavy atom. The van der Waals surface area contributed by atoms with Gasteiger partial charge in [-0.3, -0.25) is 0 Å². The average Bonchev–Trinajstić information content (AvgIpc) is 2.05. The minimum absolute atomic E-state index is 0.163. The molecule has 0 amide bonds. The summed E-state index contributed by atoms with van der Waals surface area (Å²) in [6, 6.07) is 0. The van der Waals surface area contributed by atoms with Gasteiger partial charge in [-0.2, -0.15) is 0 Å². The summed E-state index contributed by atoms with van der Waals surface area (Å²) in [5, 5.41) is 0. The smallest absolute Gasteiger partial charge is 0.404 e. The van der Waals surface area contributed by atoms with Crippen molar-refractivity contribution < 1.29 is 9.53 Å². The van der Waals surface area contributed by atoms with Crippen molar-refractivity contribution in [3.05, 3.63) is 36.5 Å². The van der Waals surface area contributed by atoms with E-state index < -0.39 is 5.43 Å². The van der Waals surface area contributed by atoms with E-state index >= 15 is 0 Å². The summed E-state index contributed by atoms with van der Waals surface area (Å²) in [7, 11) is 0. The van der Waals surface area contributed by atoms with E-state index in [0.29, 0.717) is 0 Å². The number of hydrogen-bond acceptors (Lipinski definition) is 2. The topological polar surface area (TPSA) is 26.3 Å². The van der Waals surface area contributed by atoms with Gasteiger partial charge in [0.15, 0.2) is 0 Å². The molecule has 0 rings (SSSR count). The maximum absolute atomic E-state index is 10.2. The standard InChI is InChI=1S/C9H11ClO2/c1-3-5-6-8(4-2)7-12-9(10)11/h3-6H,2,7H2,1H3. The molecule has 0 unspecified atom stereocenters. The van der Waals surface area contributed by atoms with Gasteiger partial charge in [-0.05, 0) is 12.5 Å². The normalized spacial score (nSPS) is 11.7. The molecule has 66 valence electrons. The van der Waals surface area contributed by atoms with Gasteiger partial charge in [0, 0.05) is 11.6 Å². The zero-order valence-electron chi connectivity index (χ0n) is 6.92. The minimum atomic E-state index is -0.803. The summed E-state index contributed by atoms with van der Waals surface area (Å²) in [6.07, 6.45) is 7.11. The van der Waals surface area contributed by atoms with Crippen LogP contribution in [-0.4, -0.2) is 12.0 Å². The Morgan fingerprint density at radius 1 is 1.67 bits per heavy atom. The summed E-state index contributed by atoms with van der Waals surface area (Å²) in [5.74, 6) is 0. The van der Waals surface area contributed by atoms with E-state index in [1.165, 1.54) is 0 Å². The predicted molar refractivity (Wildman–Crippen MR) is 50.3 cm³/mol. The summed E-state index contributed by atoms with van der Waals surface area (Å²) in [4.78, 5) is 10.2.